The van der Waals surface area contributed by atoms with Crippen molar-refractivity contribution in [3.8, 4) is 0 Å². The van der Waals surface area contributed by atoms with Gasteiger partial charge in [-0.2, -0.15) is 0 Å². The lowest BCUT2D eigenvalue weighted by molar-refractivity contribution is -0.144. The molecule has 0 spiro atoms. The smallest absolute Gasteiger partial charge is 0.307 e. The molecule has 0 amide bonds. The summed E-state index contributed by atoms with van der Waals surface area (Å²) >= 11 is 0. The maximum Gasteiger partial charge on any atom is 0.307 e. The Kier molecular flexibility index (Phi) is 6.32. The highest BCUT2D eigenvalue weighted by molar-refractivity contribution is 5.70. The number of rotatable bonds is 6. The highest BCUT2D eigenvalue weighted by Crippen LogP contribution is 2.43. The van der Waals surface area contributed by atoms with Crippen LogP contribution in [-0.2, 0) is 4.79 Å². The van der Waals surface area contributed by atoms with Crippen molar-refractivity contribution in [1.82, 2.24) is 0 Å². The van der Waals surface area contributed by atoms with Gasteiger partial charge in [-0.3, -0.25) is 4.79 Å². The van der Waals surface area contributed by atoms with Crippen molar-refractivity contribution in [2.24, 2.45) is 29.6 Å². The average molecular weight is 292 g/mol. The van der Waals surface area contributed by atoms with Crippen molar-refractivity contribution >= 4 is 5.97 Å². The lowest BCUT2D eigenvalue weighted by Crippen LogP contribution is -2.30. The van der Waals surface area contributed by atoms with Crippen LogP contribution in [0.4, 0.5) is 0 Å². The normalized spacial score (nSPS) is 35.1. The molecule has 0 aliphatic heterocycles. The van der Waals surface area contributed by atoms with Gasteiger partial charge in [0.25, 0.3) is 0 Å². The standard InChI is InChI=1S/C19H32O2/c1-3-5-18(19(20)21)17-12-10-16(11-13-17)15-8-6-14(4-2)7-9-15/h3,14-18H,1,4-13H2,2H3,(H,20,21). The number of carboxylic acid groups (broad SMARTS) is 1. The van der Waals surface area contributed by atoms with Crippen LogP contribution in [0.25, 0.3) is 0 Å². The third-order valence-electron chi connectivity index (χ3n) is 6.26. The van der Waals surface area contributed by atoms with Gasteiger partial charge in [0.05, 0.1) is 5.92 Å². The van der Waals surface area contributed by atoms with Crippen molar-refractivity contribution in [1.29, 1.82) is 0 Å². The van der Waals surface area contributed by atoms with E-state index in [9.17, 15) is 9.90 Å². The van der Waals surface area contributed by atoms with Gasteiger partial charge in [-0.15, -0.1) is 6.58 Å². The van der Waals surface area contributed by atoms with Gasteiger partial charge >= 0.3 is 5.97 Å². The van der Waals surface area contributed by atoms with E-state index in [4.69, 9.17) is 0 Å². The van der Waals surface area contributed by atoms with Crippen LogP contribution in [0.5, 0.6) is 0 Å². The van der Waals surface area contributed by atoms with E-state index in [1.165, 1.54) is 44.9 Å². The molecule has 2 heteroatoms. The predicted molar refractivity (Wildman–Crippen MR) is 87.1 cm³/mol. The molecule has 0 bridgehead atoms. The maximum absolute atomic E-state index is 11.4. The van der Waals surface area contributed by atoms with E-state index in [0.717, 1.165) is 30.6 Å². The van der Waals surface area contributed by atoms with E-state index in [1.54, 1.807) is 6.08 Å². The van der Waals surface area contributed by atoms with Gasteiger partial charge in [-0.1, -0.05) is 32.3 Å². The quantitative estimate of drug-likeness (QED) is 0.676. The van der Waals surface area contributed by atoms with Gasteiger partial charge in [-0.25, -0.2) is 0 Å². The zero-order chi connectivity index (χ0) is 15.2. The summed E-state index contributed by atoms with van der Waals surface area (Å²) in [5, 5.41) is 9.38. The van der Waals surface area contributed by atoms with Crippen molar-refractivity contribution < 1.29 is 9.90 Å². The van der Waals surface area contributed by atoms with Crippen LogP contribution in [0.3, 0.4) is 0 Å². The molecule has 2 aliphatic carbocycles. The molecule has 0 aromatic heterocycles. The molecule has 1 unspecified atom stereocenters. The largest absolute Gasteiger partial charge is 0.481 e. The predicted octanol–water partition coefficient (Wildman–Crippen LogP) is 5.29. The van der Waals surface area contributed by atoms with Crippen LogP contribution in [0.15, 0.2) is 12.7 Å². The lowest BCUT2D eigenvalue weighted by Gasteiger charge is -2.38. The molecular formula is C19H32O2. The molecule has 1 N–H and O–H groups in total. The van der Waals surface area contributed by atoms with Crippen molar-refractivity contribution in [2.45, 2.75) is 71.1 Å². The van der Waals surface area contributed by atoms with Crippen molar-refractivity contribution in [3.05, 3.63) is 12.7 Å². The van der Waals surface area contributed by atoms with Crippen molar-refractivity contribution in [3.63, 3.8) is 0 Å². The Hall–Kier alpha value is -0.790. The minimum Gasteiger partial charge on any atom is -0.481 e. The highest BCUT2D eigenvalue weighted by atomic mass is 16.4. The molecular weight excluding hydrogens is 260 g/mol. The Bertz CT molecular complexity index is 333. The van der Waals surface area contributed by atoms with E-state index in [-0.39, 0.29) is 5.92 Å². The Balaban J connectivity index is 1.80. The number of hydrogen-bond donors (Lipinski definition) is 1. The van der Waals surface area contributed by atoms with Crippen LogP contribution >= 0.6 is 0 Å². The van der Waals surface area contributed by atoms with Crippen LogP contribution in [0, 0.1) is 29.6 Å². The molecule has 21 heavy (non-hydrogen) atoms. The van der Waals surface area contributed by atoms with E-state index >= 15 is 0 Å². The third-order valence-corrected chi connectivity index (χ3v) is 6.26. The summed E-state index contributed by atoms with van der Waals surface area (Å²) in [6, 6.07) is 0. The first-order chi connectivity index (χ1) is 10.2. The molecule has 2 nitrogen and oxygen atoms in total. The summed E-state index contributed by atoms with van der Waals surface area (Å²) in [7, 11) is 0. The third kappa shape index (κ3) is 4.34. The number of carboxylic acids is 1. The number of aliphatic carboxylic acids is 1. The molecule has 120 valence electrons. The average Bonchev–Trinajstić information content (AvgIpc) is 2.53. The van der Waals surface area contributed by atoms with E-state index in [1.807, 2.05) is 0 Å². The summed E-state index contributed by atoms with van der Waals surface area (Å²) in [6.07, 6.45) is 14.2. The van der Waals surface area contributed by atoms with Crippen molar-refractivity contribution in [2.75, 3.05) is 0 Å². The summed E-state index contributed by atoms with van der Waals surface area (Å²) in [5.74, 6) is 2.33. The van der Waals surface area contributed by atoms with Gasteiger partial charge in [0.2, 0.25) is 0 Å². The first kappa shape index (κ1) is 16.6. The van der Waals surface area contributed by atoms with Gasteiger partial charge in [0.1, 0.15) is 0 Å². The molecule has 0 aromatic rings. The molecule has 0 saturated heterocycles. The second kappa shape index (κ2) is 8.00. The topological polar surface area (TPSA) is 37.3 Å². The Morgan fingerprint density at radius 1 is 1.10 bits per heavy atom. The van der Waals surface area contributed by atoms with Crippen LogP contribution in [-0.4, -0.2) is 11.1 Å². The monoisotopic (exact) mass is 292 g/mol. The Morgan fingerprint density at radius 2 is 1.62 bits per heavy atom. The SMILES string of the molecule is C=CCC(C(=O)O)C1CCC(C2CCC(CC)CC2)CC1. The van der Waals surface area contributed by atoms with Crippen LogP contribution in [0.1, 0.15) is 71.1 Å². The number of hydrogen-bond acceptors (Lipinski definition) is 1. The number of allylic oxidation sites excluding steroid dienone is 1. The van der Waals surface area contributed by atoms with Gasteiger partial charge < -0.3 is 5.11 Å². The number of carbonyl (C=O) groups is 1. The lowest BCUT2D eigenvalue weighted by atomic mass is 9.67. The van der Waals surface area contributed by atoms with E-state index in [0.29, 0.717) is 12.3 Å². The second-order valence-electron chi connectivity index (χ2n) is 7.33. The maximum atomic E-state index is 11.4. The molecule has 1 atom stereocenters. The van der Waals surface area contributed by atoms with E-state index in [2.05, 4.69) is 13.5 Å². The summed E-state index contributed by atoms with van der Waals surface area (Å²) < 4.78 is 0. The first-order valence-electron chi connectivity index (χ1n) is 8.99. The van der Waals surface area contributed by atoms with Crippen LogP contribution < -0.4 is 0 Å². The molecule has 2 fully saturated rings. The van der Waals surface area contributed by atoms with E-state index < -0.39 is 5.97 Å². The molecule has 2 aliphatic rings. The minimum atomic E-state index is -0.623. The van der Waals surface area contributed by atoms with Gasteiger partial charge in [-0.05, 0) is 68.6 Å². The molecule has 0 heterocycles. The fraction of sp³-hybridized carbons (Fsp3) is 0.842. The fourth-order valence-electron chi connectivity index (χ4n) is 4.76. The Labute approximate surface area is 130 Å². The molecule has 2 saturated carbocycles. The fourth-order valence-corrected chi connectivity index (χ4v) is 4.76. The highest BCUT2D eigenvalue weighted by Gasteiger charge is 2.34. The molecule has 0 radical (unpaired) electrons. The zero-order valence-electron chi connectivity index (χ0n) is 13.6. The van der Waals surface area contributed by atoms with Gasteiger partial charge in [0.15, 0.2) is 0 Å². The Morgan fingerprint density at radius 3 is 2.05 bits per heavy atom. The minimum absolute atomic E-state index is 0.195. The van der Waals surface area contributed by atoms with Gasteiger partial charge in [0, 0.05) is 0 Å². The second-order valence-corrected chi connectivity index (χ2v) is 7.33. The molecule has 2 rings (SSSR count). The summed E-state index contributed by atoms with van der Waals surface area (Å²) in [5.41, 5.74) is 0. The molecule has 0 aromatic carbocycles. The summed E-state index contributed by atoms with van der Waals surface area (Å²) in [4.78, 5) is 11.4. The first-order valence-corrected chi connectivity index (χ1v) is 8.99. The summed E-state index contributed by atoms with van der Waals surface area (Å²) in [6.45, 7) is 6.04. The zero-order valence-corrected chi connectivity index (χ0v) is 13.6. The van der Waals surface area contributed by atoms with Crippen LogP contribution in [0.2, 0.25) is 0 Å².